The molecule has 0 bridgehead atoms. The fourth-order valence-electron chi connectivity index (χ4n) is 2.15. The van der Waals surface area contributed by atoms with Crippen LogP contribution < -0.4 is 15.9 Å². The van der Waals surface area contributed by atoms with Crippen molar-refractivity contribution in [3.05, 3.63) is 84.7 Å². The Hall–Kier alpha value is -2.12. The van der Waals surface area contributed by atoms with Crippen molar-refractivity contribution in [2.45, 2.75) is 0 Å². The van der Waals surface area contributed by atoms with Crippen molar-refractivity contribution in [1.29, 1.82) is 0 Å². The van der Waals surface area contributed by atoms with Gasteiger partial charge in [-0.3, -0.25) is 0 Å². The third-order valence-electron chi connectivity index (χ3n) is 3.06. The van der Waals surface area contributed by atoms with E-state index in [1.54, 1.807) is 0 Å². The predicted molar refractivity (Wildman–Crippen MR) is 82.9 cm³/mol. The molecule has 0 saturated heterocycles. The van der Waals surface area contributed by atoms with Crippen LogP contribution in [0.3, 0.4) is 0 Å². The van der Waals surface area contributed by atoms with Crippen molar-refractivity contribution in [2.75, 3.05) is 0 Å². The van der Waals surface area contributed by atoms with Gasteiger partial charge in [-0.2, -0.15) is 13.8 Å². The largest absolute Gasteiger partial charge is 0.223 e. The van der Waals surface area contributed by atoms with Crippen LogP contribution in [0, 0.1) is 11.9 Å². The Balaban J connectivity index is 2.17. The monoisotopic (exact) mass is 299 g/mol. The SMILES string of the molecule is Fc1ccc(P(c2ccccc2)c2ccccc2)c(F)n1. The number of nitrogens with zero attached hydrogens (tertiary/aromatic N) is 1. The molecule has 2 aromatic carbocycles. The lowest BCUT2D eigenvalue weighted by Crippen LogP contribution is -2.23. The van der Waals surface area contributed by atoms with Gasteiger partial charge in [0.25, 0.3) is 0 Å². The molecular formula is C17H12F2NP. The summed E-state index contributed by atoms with van der Waals surface area (Å²) in [6.45, 7) is 0. The lowest BCUT2D eigenvalue weighted by Gasteiger charge is -2.19. The van der Waals surface area contributed by atoms with Gasteiger partial charge in [-0.15, -0.1) is 0 Å². The van der Waals surface area contributed by atoms with E-state index in [-0.39, 0.29) is 0 Å². The van der Waals surface area contributed by atoms with E-state index < -0.39 is 19.8 Å². The Kier molecular flexibility index (Phi) is 4.03. The molecule has 104 valence electrons. The van der Waals surface area contributed by atoms with Gasteiger partial charge in [0.15, 0.2) is 0 Å². The lowest BCUT2D eigenvalue weighted by atomic mass is 10.4. The molecule has 0 spiro atoms. The maximum atomic E-state index is 14.1. The van der Waals surface area contributed by atoms with Gasteiger partial charge in [-0.25, -0.2) is 0 Å². The number of rotatable bonds is 3. The van der Waals surface area contributed by atoms with E-state index in [0.717, 1.165) is 10.6 Å². The summed E-state index contributed by atoms with van der Waals surface area (Å²) < 4.78 is 27.2. The second kappa shape index (κ2) is 6.11. The summed E-state index contributed by atoms with van der Waals surface area (Å²) in [5.41, 5.74) is 0. The topological polar surface area (TPSA) is 12.9 Å². The van der Waals surface area contributed by atoms with Gasteiger partial charge < -0.3 is 0 Å². The first kappa shape index (κ1) is 13.8. The Morgan fingerprint density at radius 2 is 1.19 bits per heavy atom. The lowest BCUT2D eigenvalue weighted by molar-refractivity contribution is 0.518. The minimum absolute atomic E-state index is 0.434. The molecule has 0 fully saturated rings. The molecule has 1 heterocycles. The van der Waals surface area contributed by atoms with Gasteiger partial charge in [-0.1, -0.05) is 60.7 Å². The van der Waals surface area contributed by atoms with Crippen LogP contribution in [0.5, 0.6) is 0 Å². The fraction of sp³-hybridized carbons (Fsp3) is 0. The molecule has 0 aliphatic rings. The summed E-state index contributed by atoms with van der Waals surface area (Å²) in [6.07, 6.45) is 0. The van der Waals surface area contributed by atoms with Gasteiger partial charge >= 0.3 is 0 Å². The normalized spacial score (nSPS) is 10.8. The summed E-state index contributed by atoms with van der Waals surface area (Å²) >= 11 is 0. The molecule has 0 aliphatic carbocycles. The smallest absolute Gasteiger partial charge is 0.190 e. The number of hydrogen-bond donors (Lipinski definition) is 0. The van der Waals surface area contributed by atoms with Crippen molar-refractivity contribution in [3.8, 4) is 0 Å². The van der Waals surface area contributed by atoms with E-state index in [4.69, 9.17) is 0 Å². The Bertz CT molecular complexity index is 693. The molecular weight excluding hydrogens is 287 g/mol. The van der Waals surface area contributed by atoms with E-state index in [1.807, 2.05) is 60.7 Å². The van der Waals surface area contributed by atoms with Crippen molar-refractivity contribution < 1.29 is 8.78 Å². The first-order chi connectivity index (χ1) is 10.3. The van der Waals surface area contributed by atoms with Crippen LogP contribution in [0.4, 0.5) is 8.78 Å². The summed E-state index contributed by atoms with van der Waals surface area (Å²) in [5, 5.41) is 2.45. The molecule has 0 N–H and O–H groups in total. The van der Waals surface area contributed by atoms with E-state index in [0.29, 0.717) is 5.30 Å². The van der Waals surface area contributed by atoms with E-state index in [9.17, 15) is 8.78 Å². The number of benzene rings is 2. The average Bonchev–Trinajstić information content (AvgIpc) is 2.52. The number of aromatic nitrogens is 1. The first-order valence-corrected chi connectivity index (χ1v) is 7.82. The molecule has 1 nitrogen and oxygen atoms in total. The molecule has 0 saturated carbocycles. The summed E-state index contributed by atoms with van der Waals surface area (Å²) in [7, 11) is -1.08. The first-order valence-electron chi connectivity index (χ1n) is 6.48. The zero-order chi connectivity index (χ0) is 14.7. The molecule has 3 rings (SSSR count). The molecule has 0 atom stereocenters. The zero-order valence-corrected chi connectivity index (χ0v) is 12.0. The number of hydrogen-bond acceptors (Lipinski definition) is 1. The van der Waals surface area contributed by atoms with Gasteiger partial charge in [0.05, 0.1) is 0 Å². The molecule has 21 heavy (non-hydrogen) atoms. The van der Waals surface area contributed by atoms with Gasteiger partial charge in [0.1, 0.15) is 0 Å². The maximum Gasteiger partial charge on any atom is 0.223 e. The molecule has 3 aromatic rings. The van der Waals surface area contributed by atoms with Crippen LogP contribution in [0.15, 0.2) is 72.8 Å². The van der Waals surface area contributed by atoms with E-state index in [2.05, 4.69) is 4.98 Å². The highest BCUT2D eigenvalue weighted by atomic mass is 31.1. The zero-order valence-electron chi connectivity index (χ0n) is 11.1. The third-order valence-corrected chi connectivity index (χ3v) is 5.51. The van der Waals surface area contributed by atoms with Gasteiger partial charge in [0, 0.05) is 5.30 Å². The van der Waals surface area contributed by atoms with Crippen molar-refractivity contribution >= 4 is 23.8 Å². The molecule has 0 aliphatic heterocycles. The van der Waals surface area contributed by atoms with E-state index in [1.165, 1.54) is 12.1 Å². The summed E-state index contributed by atoms with van der Waals surface area (Å²) in [5.74, 6) is -1.54. The molecule has 0 amide bonds. The molecule has 0 radical (unpaired) electrons. The standard InChI is InChI=1S/C17H12F2NP/c18-16-12-11-15(17(19)20-16)21(13-7-3-1-4-8-13)14-9-5-2-6-10-14/h1-12H. The van der Waals surface area contributed by atoms with Gasteiger partial charge in [0.2, 0.25) is 11.9 Å². The predicted octanol–water partition coefficient (Wildman–Crippen LogP) is 3.12. The maximum absolute atomic E-state index is 14.1. The van der Waals surface area contributed by atoms with Crippen LogP contribution in [0.25, 0.3) is 0 Å². The molecule has 4 heteroatoms. The van der Waals surface area contributed by atoms with Crippen molar-refractivity contribution in [3.63, 3.8) is 0 Å². The third kappa shape index (κ3) is 2.98. The van der Waals surface area contributed by atoms with Crippen LogP contribution in [-0.4, -0.2) is 4.98 Å². The quantitative estimate of drug-likeness (QED) is 0.535. The van der Waals surface area contributed by atoms with Crippen molar-refractivity contribution in [1.82, 2.24) is 4.98 Å². The van der Waals surface area contributed by atoms with Crippen LogP contribution in [0.1, 0.15) is 0 Å². The highest BCUT2D eigenvalue weighted by Gasteiger charge is 2.20. The van der Waals surface area contributed by atoms with Gasteiger partial charge in [-0.05, 0) is 30.7 Å². The minimum Gasteiger partial charge on any atom is -0.190 e. The Morgan fingerprint density at radius 1 is 0.667 bits per heavy atom. The fourth-order valence-corrected chi connectivity index (χ4v) is 4.41. The minimum atomic E-state index is -1.08. The van der Waals surface area contributed by atoms with Crippen LogP contribution in [0.2, 0.25) is 0 Å². The molecule has 0 unspecified atom stereocenters. The van der Waals surface area contributed by atoms with Crippen LogP contribution >= 0.6 is 7.92 Å². The highest BCUT2D eigenvalue weighted by molar-refractivity contribution is 7.79. The summed E-state index contributed by atoms with van der Waals surface area (Å²) in [4.78, 5) is 3.33. The highest BCUT2D eigenvalue weighted by Crippen LogP contribution is 2.33. The molecule has 1 aromatic heterocycles. The Morgan fingerprint density at radius 3 is 1.67 bits per heavy atom. The summed E-state index contributed by atoms with van der Waals surface area (Å²) in [6, 6.07) is 22.0. The van der Waals surface area contributed by atoms with Crippen LogP contribution in [-0.2, 0) is 0 Å². The second-order valence-corrected chi connectivity index (χ2v) is 6.64. The van der Waals surface area contributed by atoms with Crippen molar-refractivity contribution in [2.24, 2.45) is 0 Å². The number of halogens is 2. The Labute approximate surface area is 123 Å². The number of pyridine rings is 1. The second-order valence-electron chi connectivity index (χ2n) is 4.45. The van der Waals surface area contributed by atoms with E-state index >= 15 is 0 Å². The average molecular weight is 299 g/mol.